The third kappa shape index (κ3) is 4.75. The minimum absolute atomic E-state index is 0.0121. The molecule has 2 rings (SSSR count). The lowest BCUT2D eigenvalue weighted by Crippen LogP contribution is -2.28. The number of carbonyl (C=O) groups excluding carboxylic acids is 1. The van der Waals surface area contributed by atoms with Gasteiger partial charge in [-0.25, -0.2) is 8.42 Å². The number of methoxy groups -OCH3 is 2. The van der Waals surface area contributed by atoms with E-state index in [1.54, 1.807) is 63.4 Å². The fourth-order valence-electron chi connectivity index (χ4n) is 2.71. The topological polar surface area (TPSA) is 76.2 Å². The zero-order valence-corrected chi connectivity index (χ0v) is 17.6. The number of rotatable bonds is 8. The van der Waals surface area contributed by atoms with Crippen LogP contribution in [0.15, 0.2) is 42.5 Å². The molecular formula is C20H26N2O5S. The van der Waals surface area contributed by atoms with Crippen LogP contribution in [0, 0.1) is 0 Å². The molecule has 0 aromatic heterocycles. The number of carbonyl (C=O) groups is 1. The van der Waals surface area contributed by atoms with E-state index in [0.717, 1.165) is 5.56 Å². The molecule has 1 amide bonds. The standard InChI is InChI=1S/C20H26N2O5S/c1-6-28(24,25)22(3)17-10-8-16(9-11-17)20(23)21(2)14-15-7-12-18(26-4)19(13-15)27-5/h7-13H,6,14H2,1-5H3. The Hall–Kier alpha value is -2.74. The first-order chi connectivity index (χ1) is 13.2. The summed E-state index contributed by atoms with van der Waals surface area (Å²) in [6.45, 7) is 1.98. The summed E-state index contributed by atoms with van der Waals surface area (Å²) in [4.78, 5) is 14.3. The Kier molecular flexibility index (Phi) is 6.90. The van der Waals surface area contributed by atoms with Crippen LogP contribution < -0.4 is 13.8 Å². The third-order valence-corrected chi connectivity index (χ3v) is 6.25. The van der Waals surface area contributed by atoms with Crippen molar-refractivity contribution >= 4 is 21.6 Å². The number of ether oxygens (including phenoxy) is 2. The molecule has 0 atom stereocenters. The smallest absolute Gasteiger partial charge is 0.253 e. The quantitative estimate of drug-likeness (QED) is 0.674. The number of amides is 1. The van der Waals surface area contributed by atoms with Crippen molar-refractivity contribution in [2.45, 2.75) is 13.5 Å². The van der Waals surface area contributed by atoms with Gasteiger partial charge in [0.15, 0.2) is 11.5 Å². The summed E-state index contributed by atoms with van der Waals surface area (Å²) in [6, 6.07) is 12.0. The van der Waals surface area contributed by atoms with Crippen LogP contribution in [0.5, 0.6) is 11.5 Å². The van der Waals surface area contributed by atoms with Crippen LogP contribution >= 0.6 is 0 Å². The van der Waals surface area contributed by atoms with E-state index in [1.165, 1.54) is 11.4 Å². The van der Waals surface area contributed by atoms with E-state index >= 15 is 0 Å². The molecule has 0 heterocycles. The van der Waals surface area contributed by atoms with Crippen molar-refractivity contribution in [1.82, 2.24) is 4.90 Å². The molecule has 0 radical (unpaired) electrons. The van der Waals surface area contributed by atoms with Crippen LogP contribution in [0.25, 0.3) is 0 Å². The molecule has 2 aromatic carbocycles. The molecule has 0 N–H and O–H groups in total. The second-order valence-electron chi connectivity index (χ2n) is 6.27. The predicted molar refractivity (Wildman–Crippen MR) is 110 cm³/mol. The van der Waals surface area contributed by atoms with Crippen molar-refractivity contribution in [3.05, 3.63) is 53.6 Å². The SMILES string of the molecule is CCS(=O)(=O)N(C)c1ccc(C(=O)N(C)Cc2ccc(OC)c(OC)c2)cc1. The molecule has 0 spiro atoms. The molecular weight excluding hydrogens is 380 g/mol. The number of hydrogen-bond donors (Lipinski definition) is 0. The fraction of sp³-hybridized carbons (Fsp3) is 0.350. The summed E-state index contributed by atoms with van der Waals surface area (Å²) in [6.07, 6.45) is 0. The molecule has 152 valence electrons. The maximum Gasteiger partial charge on any atom is 0.253 e. The molecule has 0 fully saturated rings. The summed E-state index contributed by atoms with van der Waals surface area (Å²) < 4.78 is 35.7. The Morgan fingerprint density at radius 3 is 2.11 bits per heavy atom. The molecule has 0 aliphatic rings. The Morgan fingerprint density at radius 1 is 0.964 bits per heavy atom. The molecule has 8 heteroatoms. The van der Waals surface area contributed by atoms with Gasteiger partial charge in [-0.05, 0) is 48.9 Å². The van der Waals surface area contributed by atoms with E-state index < -0.39 is 10.0 Å². The number of sulfonamides is 1. The highest BCUT2D eigenvalue weighted by Crippen LogP contribution is 2.28. The normalized spacial score (nSPS) is 11.0. The molecule has 2 aromatic rings. The van der Waals surface area contributed by atoms with Crippen molar-refractivity contribution in [3.63, 3.8) is 0 Å². The van der Waals surface area contributed by atoms with Gasteiger partial charge in [0.2, 0.25) is 10.0 Å². The van der Waals surface area contributed by atoms with Crippen LogP contribution in [-0.4, -0.2) is 53.3 Å². The predicted octanol–water partition coefficient (Wildman–Crippen LogP) is 2.76. The first-order valence-electron chi connectivity index (χ1n) is 8.76. The van der Waals surface area contributed by atoms with Crippen LogP contribution in [0.4, 0.5) is 5.69 Å². The highest BCUT2D eigenvalue weighted by molar-refractivity contribution is 7.92. The number of nitrogens with zero attached hydrogens (tertiary/aromatic N) is 2. The molecule has 0 saturated heterocycles. The van der Waals surface area contributed by atoms with Gasteiger partial charge in [-0.15, -0.1) is 0 Å². The van der Waals surface area contributed by atoms with Crippen molar-refractivity contribution in [2.24, 2.45) is 0 Å². The van der Waals surface area contributed by atoms with Crippen LogP contribution in [0.3, 0.4) is 0 Å². The van der Waals surface area contributed by atoms with E-state index in [9.17, 15) is 13.2 Å². The van der Waals surface area contributed by atoms with E-state index in [-0.39, 0.29) is 11.7 Å². The van der Waals surface area contributed by atoms with Crippen LogP contribution in [0.1, 0.15) is 22.8 Å². The van der Waals surface area contributed by atoms with Crippen molar-refractivity contribution in [1.29, 1.82) is 0 Å². The molecule has 28 heavy (non-hydrogen) atoms. The van der Waals surface area contributed by atoms with Gasteiger partial charge < -0.3 is 14.4 Å². The van der Waals surface area contributed by atoms with Gasteiger partial charge in [-0.1, -0.05) is 6.07 Å². The second-order valence-corrected chi connectivity index (χ2v) is 8.55. The first-order valence-corrected chi connectivity index (χ1v) is 10.4. The minimum Gasteiger partial charge on any atom is -0.493 e. The highest BCUT2D eigenvalue weighted by atomic mass is 32.2. The zero-order chi connectivity index (χ0) is 20.9. The van der Waals surface area contributed by atoms with E-state index in [4.69, 9.17) is 9.47 Å². The second kappa shape index (κ2) is 8.97. The van der Waals surface area contributed by atoms with E-state index in [0.29, 0.717) is 29.3 Å². The van der Waals surface area contributed by atoms with Crippen molar-refractivity contribution < 1.29 is 22.7 Å². The molecule has 0 saturated carbocycles. The van der Waals surface area contributed by atoms with Gasteiger partial charge in [0.05, 0.1) is 25.7 Å². The lowest BCUT2D eigenvalue weighted by Gasteiger charge is -2.20. The van der Waals surface area contributed by atoms with Gasteiger partial charge in [-0.2, -0.15) is 0 Å². The monoisotopic (exact) mass is 406 g/mol. The Labute approximate surface area is 166 Å². The third-order valence-electron chi connectivity index (χ3n) is 4.47. The summed E-state index contributed by atoms with van der Waals surface area (Å²) in [7, 11) is 3.00. The van der Waals surface area contributed by atoms with Gasteiger partial charge in [-0.3, -0.25) is 9.10 Å². The lowest BCUT2D eigenvalue weighted by molar-refractivity contribution is 0.0785. The largest absolute Gasteiger partial charge is 0.493 e. The Morgan fingerprint density at radius 2 is 1.57 bits per heavy atom. The van der Waals surface area contributed by atoms with Gasteiger partial charge in [0, 0.05) is 26.2 Å². The van der Waals surface area contributed by atoms with Gasteiger partial charge in [0.1, 0.15) is 0 Å². The van der Waals surface area contributed by atoms with E-state index in [1.807, 2.05) is 12.1 Å². The summed E-state index contributed by atoms with van der Waals surface area (Å²) in [5, 5.41) is 0. The van der Waals surface area contributed by atoms with Gasteiger partial charge in [0.25, 0.3) is 5.91 Å². The number of hydrogen-bond acceptors (Lipinski definition) is 5. The highest BCUT2D eigenvalue weighted by Gasteiger charge is 2.17. The lowest BCUT2D eigenvalue weighted by atomic mass is 10.1. The summed E-state index contributed by atoms with van der Waals surface area (Å²) in [5.74, 6) is 1.08. The maximum atomic E-state index is 12.7. The molecule has 0 unspecified atom stereocenters. The van der Waals surface area contributed by atoms with E-state index in [2.05, 4.69) is 0 Å². The molecule has 0 bridgehead atoms. The Bertz CT molecular complexity index is 926. The van der Waals surface area contributed by atoms with Gasteiger partial charge >= 0.3 is 0 Å². The first kappa shape index (κ1) is 21.6. The summed E-state index contributed by atoms with van der Waals surface area (Å²) >= 11 is 0. The zero-order valence-electron chi connectivity index (χ0n) is 16.8. The van der Waals surface area contributed by atoms with Crippen molar-refractivity contribution in [2.75, 3.05) is 38.4 Å². The average Bonchev–Trinajstić information content (AvgIpc) is 2.72. The summed E-state index contributed by atoms with van der Waals surface area (Å²) in [5.41, 5.74) is 1.90. The van der Waals surface area contributed by atoms with Crippen LogP contribution in [-0.2, 0) is 16.6 Å². The molecule has 0 aliphatic carbocycles. The number of anilines is 1. The molecule has 7 nitrogen and oxygen atoms in total. The fourth-order valence-corrected chi connectivity index (χ4v) is 3.54. The average molecular weight is 407 g/mol. The van der Waals surface area contributed by atoms with Crippen LogP contribution in [0.2, 0.25) is 0 Å². The Balaban J connectivity index is 2.13. The molecule has 0 aliphatic heterocycles. The minimum atomic E-state index is -3.34. The number of benzene rings is 2. The van der Waals surface area contributed by atoms with Crippen molar-refractivity contribution in [3.8, 4) is 11.5 Å². The maximum absolute atomic E-state index is 12.7.